The first kappa shape index (κ1) is 20.2. The maximum absolute atomic E-state index is 9.55. The molecular weight excluding hydrogens is 372 g/mol. The smallest absolute Gasteiger partial charge is 0.0991 e. The minimum Gasteiger partial charge on any atom is -0.382 e. The summed E-state index contributed by atoms with van der Waals surface area (Å²) >= 11 is 1.93. The molecule has 1 heterocycles. The first-order valence-electron chi connectivity index (χ1n) is 11.0. The van der Waals surface area contributed by atoms with Gasteiger partial charge in [0, 0.05) is 27.0 Å². The summed E-state index contributed by atoms with van der Waals surface area (Å²) in [5, 5.41) is 13.4. The summed E-state index contributed by atoms with van der Waals surface area (Å²) in [6.45, 7) is 11.2. The fourth-order valence-corrected chi connectivity index (χ4v) is 6.38. The lowest BCUT2D eigenvalue weighted by atomic mass is 9.75. The maximum Gasteiger partial charge on any atom is 0.0991 e. The first-order valence-corrected chi connectivity index (χ1v) is 11.8. The van der Waals surface area contributed by atoms with E-state index in [1.54, 1.807) is 0 Å². The van der Waals surface area contributed by atoms with Gasteiger partial charge in [-0.05, 0) is 79.3 Å². The Morgan fingerprint density at radius 1 is 1.24 bits per heavy atom. The quantitative estimate of drug-likeness (QED) is 0.570. The number of nitrogens with zero attached hydrogens (tertiary/aromatic N) is 1. The largest absolute Gasteiger partial charge is 0.382 e. The van der Waals surface area contributed by atoms with Crippen molar-refractivity contribution in [3.05, 3.63) is 46.3 Å². The van der Waals surface area contributed by atoms with Crippen LogP contribution in [0.3, 0.4) is 0 Å². The summed E-state index contributed by atoms with van der Waals surface area (Å²) in [6.07, 6.45) is 9.95. The van der Waals surface area contributed by atoms with Crippen LogP contribution in [-0.4, -0.2) is 6.04 Å². The minimum absolute atomic E-state index is 0.340. The molecule has 1 fully saturated rings. The predicted octanol–water partition coefficient (Wildman–Crippen LogP) is 7.58. The molecule has 0 bridgehead atoms. The normalized spacial score (nSPS) is 18.7. The molecular formula is C26H32N2S. The van der Waals surface area contributed by atoms with Crippen LogP contribution < -0.4 is 5.32 Å². The van der Waals surface area contributed by atoms with Crippen LogP contribution in [0.5, 0.6) is 0 Å². The topological polar surface area (TPSA) is 35.8 Å². The average molecular weight is 405 g/mol. The molecule has 0 radical (unpaired) electrons. The average Bonchev–Trinajstić information content (AvgIpc) is 3.06. The van der Waals surface area contributed by atoms with Crippen molar-refractivity contribution in [2.45, 2.75) is 78.2 Å². The van der Waals surface area contributed by atoms with E-state index in [4.69, 9.17) is 0 Å². The van der Waals surface area contributed by atoms with Gasteiger partial charge in [-0.3, -0.25) is 0 Å². The highest BCUT2D eigenvalue weighted by Crippen LogP contribution is 2.48. The molecule has 1 aromatic carbocycles. The Balaban J connectivity index is 1.82. The van der Waals surface area contributed by atoms with Gasteiger partial charge in [0.1, 0.15) is 0 Å². The number of nitrogens with one attached hydrogen (secondary N) is 1. The number of thiophene rings is 1. The number of hydrogen-bond acceptors (Lipinski definition) is 3. The highest BCUT2D eigenvalue weighted by Gasteiger charge is 2.31. The van der Waals surface area contributed by atoms with Crippen LogP contribution in [0.15, 0.2) is 24.8 Å². The van der Waals surface area contributed by atoms with Gasteiger partial charge in [0.25, 0.3) is 0 Å². The molecule has 0 amide bonds. The summed E-state index contributed by atoms with van der Waals surface area (Å²) in [5.74, 6) is 0. The van der Waals surface area contributed by atoms with Crippen LogP contribution in [0.25, 0.3) is 16.0 Å². The molecule has 2 nitrogen and oxygen atoms in total. The van der Waals surface area contributed by atoms with Gasteiger partial charge in [0.15, 0.2) is 0 Å². The third kappa shape index (κ3) is 4.14. The van der Waals surface area contributed by atoms with E-state index in [0.29, 0.717) is 11.5 Å². The lowest BCUT2D eigenvalue weighted by Crippen LogP contribution is -2.22. The number of aryl methyl sites for hydroxylation is 1. The van der Waals surface area contributed by atoms with E-state index < -0.39 is 0 Å². The van der Waals surface area contributed by atoms with E-state index >= 15 is 0 Å². The molecule has 1 saturated carbocycles. The van der Waals surface area contributed by atoms with Crippen molar-refractivity contribution in [3.8, 4) is 16.5 Å². The van der Waals surface area contributed by atoms with Crippen LogP contribution in [0.4, 0.5) is 5.69 Å². The molecule has 2 aromatic rings. The van der Waals surface area contributed by atoms with E-state index in [2.05, 4.69) is 50.9 Å². The molecule has 4 rings (SSSR count). The van der Waals surface area contributed by atoms with Crippen molar-refractivity contribution in [1.82, 2.24) is 0 Å². The van der Waals surface area contributed by atoms with Gasteiger partial charge < -0.3 is 5.32 Å². The number of anilines is 1. The molecule has 152 valence electrons. The third-order valence-corrected chi connectivity index (χ3v) is 7.88. The predicted molar refractivity (Wildman–Crippen MR) is 125 cm³/mol. The van der Waals surface area contributed by atoms with Crippen LogP contribution in [-0.2, 0) is 12.8 Å². The highest BCUT2D eigenvalue weighted by molar-refractivity contribution is 7.16. The van der Waals surface area contributed by atoms with Gasteiger partial charge in [-0.2, -0.15) is 5.26 Å². The SMILES string of the molecule is C=C(C)c1c(-c2cc(C#N)ccc2NC2CCCCC2)sc2c1CC(C)(C)CC2. The van der Waals surface area contributed by atoms with E-state index in [1.165, 1.54) is 70.7 Å². The number of nitriles is 1. The molecule has 0 unspecified atom stereocenters. The molecule has 0 aliphatic heterocycles. The van der Waals surface area contributed by atoms with Gasteiger partial charge in [-0.15, -0.1) is 11.3 Å². The maximum atomic E-state index is 9.55. The summed E-state index contributed by atoms with van der Waals surface area (Å²) < 4.78 is 0. The molecule has 2 aliphatic carbocycles. The van der Waals surface area contributed by atoms with Crippen molar-refractivity contribution in [2.75, 3.05) is 5.32 Å². The van der Waals surface area contributed by atoms with Crippen molar-refractivity contribution in [3.63, 3.8) is 0 Å². The molecule has 0 saturated heterocycles. The van der Waals surface area contributed by atoms with Gasteiger partial charge in [0.05, 0.1) is 11.6 Å². The van der Waals surface area contributed by atoms with Crippen molar-refractivity contribution in [2.24, 2.45) is 5.41 Å². The number of rotatable bonds is 4. The van der Waals surface area contributed by atoms with Crippen LogP contribution >= 0.6 is 11.3 Å². The minimum atomic E-state index is 0.340. The molecule has 0 atom stereocenters. The van der Waals surface area contributed by atoms with Crippen LogP contribution in [0.2, 0.25) is 0 Å². The molecule has 1 N–H and O–H groups in total. The van der Waals surface area contributed by atoms with E-state index in [-0.39, 0.29) is 0 Å². The van der Waals surface area contributed by atoms with Gasteiger partial charge in [0.2, 0.25) is 0 Å². The van der Waals surface area contributed by atoms with Crippen molar-refractivity contribution in [1.29, 1.82) is 5.26 Å². The lowest BCUT2D eigenvalue weighted by molar-refractivity contribution is 0.317. The fraction of sp³-hybridized carbons (Fsp3) is 0.500. The van der Waals surface area contributed by atoms with Crippen molar-refractivity contribution >= 4 is 22.6 Å². The summed E-state index contributed by atoms with van der Waals surface area (Å²) in [7, 11) is 0. The lowest BCUT2D eigenvalue weighted by Gasteiger charge is -2.30. The molecule has 1 aromatic heterocycles. The second-order valence-corrected chi connectivity index (χ2v) is 10.8. The van der Waals surface area contributed by atoms with E-state index in [0.717, 1.165) is 24.0 Å². The first-order chi connectivity index (χ1) is 13.9. The Kier molecular flexibility index (Phi) is 5.58. The van der Waals surface area contributed by atoms with E-state index in [9.17, 15) is 5.26 Å². The monoisotopic (exact) mass is 404 g/mol. The standard InChI is InChI=1S/C26H32N2S/c1-17(2)24-21-15-26(3,4)13-12-23(21)29-25(24)20-14-18(16-27)10-11-22(20)28-19-8-6-5-7-9-19/h10-11,14,19,28H,1,5-9,12-13,15H2,2-4H3. The second-order valence-electron chi connectivity index (χ2n) is 9.68. The van der Waals surface area contributed by atoms with E-state index in [1.807, 2.05) is 17.4 Å². The zero-order chi connectivity index (χ0) is 20.6. The Morgan fingerprint density at radius 2 is 2.00 bits per heavy atom. The number of hydrogen-bond donors (Lipinski definition) is 1. The third-order valence-electron chi connectivity index (χ3n) is 6.56. The molecule has 29 heavy (non-hydrogen) atoms. The molecule has 0 spiro atoms. The zero-order valence-electron chi connectivity index (χ0n) is 18.0. The van der Waals surface area contributed by atoms with Crippen LogP contribution in [0, 0.1) is 16.7 Å². The Labute approximate surface area is 179 Å². The Morgan fingerprint density at radius 3 is 2.69 bits per heavy atom. The number of allylic oxidation sites excluding steroid dienone is 1. The molecule has 3 heteroatoms. The Hall–Kier alpha value is -2.05. The second kappa shape index (κ2) is 8.00. The summed E-state index contributed by atoms with van der Waals surface area (Å²) in [4.78, 5) is 2.82. The Bertz CT molecular complexity index is 967. The number of fused-ring (bicyclic) bond motifs is 1. The summed E-state index contributed by atoms with van der Waals surface area (Å²) in [5.41, 5.74) is 7.41. The van der Waals surface area contributed by atoms with Crippen molar-refractivity contribution < 1.29 is 0 Å². The molecule has 2 aliphatic rings. The highest BCUT2D eigenvalue weighted by atomic mass is 32.1. The van der Waals surface area contributed by atoms with Gasteiger partial charge in [-0.1, -0.05) is 39.7 Å². The summed E-state index contributed by atoms with van der Waals surface area (Å²) in [6, 6.07) is 9.04. The number of benzene rings is 1. The van der Waals surface area contributed by atoms with Gasteiger partial charge in [-0.25, -0.2) is 0 Å². The zero-order valence-corrected chi connectivity index (χ0v) is 18.8. The van der Waals surface area contributed by atoms with Gasteiger partial charge >= 0.3 is 0 Å². The fourth-order valence-electron chi connectivity index (χ4n) is 4.96. The van der Waals surface area contributed by atoms with Crippen LogP contribution in [0.1, 0.15) is 80.9 Å².